The second-order valence-electron chi connectivity index (χ2n) is 2.91. The number of hydrogen-bond donors (Lipinski definition) is 1. The molecule has 0 saturated heterocycles. The lowest BCUT2D eigenvalue weighted by Gasteiger charge is -2.18. The molecule has 0 aliphatic carbocycles. The zero-order chi connectivity index (χ0) is 9.84. The zero-order valence-electron chi connectivity index (χ0n) is 7.60. The molecule has 1 aromatic heterocycles. The number of likely N-dealkylation sites (N-methyl/N-ethyl adjacent to an activating group) is 1. The molecule has 13 heavy (non-hydrogen) atoms. The highest BCUT2D eigenvalue weighted by atomic mass is 16.5. The van der Waals surface area contributed by atoms with Gasteiger partial charge in [-0.3, -0.25) is 9.69 Å². The molecular weight excluding hydrogens is 172 g/mol. The average Bonchev–Trinajstić information content (AvgIpc) is 2.55. The molecule has 1 rings (SSSR count). The summed E-state index contributed by atoms with van der Waals surface area (Å²) in [5, 5.41) is 12.2. The van der Waals surface area contributed by atoms with Gasteiger partial charge < -0.3 is 9.63 Å². The minimum Gasteiger partial charge on any atom is -0.480 e. The van der Waals surface area contributed by atoms with Crippen molar-refractivity contribution in [2.45, 2.75) is 19.5 Å². The maximum atomic E-state index is 10.6. The fraction of sp³-hybridized carbons (Fsp3) is 0.500. The largest absolute Gasteiger partial charge is 0.480 e. The van der Waals surface area contributed by atoms with E-state index >= 15 is 0 Å². The average molecular weight is 184 g/mol. The Labute approximate surface area is 75.9 Å². The van der Waals surface area contributed by atoms with E-state index in [1.165, 1.54) is 6.20 Å². The summed E-state index contributed by atoms with van der Waals surface area (Å²) in [7, 11) is 1.72. The number of carboxylic acid groups (broad SMARTS) is 1. The summed E-state index contributed by atoms with van der Waals surface area (Å²) in [6.07, 6.45) is 1.54. The zero-order valence-corrected chi connectivity index (χ0v) is 7.60. The summed E-state index contributed by atoms with van der Waals surface area (Å²) in [4.78, 5) is 12.3. The lowest BCUT2D eigenvalue weighted by atomic mass is 10.3. The van der Waals surface area contributed by atoms with Gasteiger partial charge in [-0.25, -0.2) is 0 Å². The minimum atomic E-state index is -0.845. The summed E-state index contributed by atoms with van der Waals surface area (Å²) >= 11 is 0. The van der Waals surface area contributed by atoms with Crippen molar-refractivity contribution in [2.75, 3.05) is 7.05 Å². The van der Waals surface area contributed by atoms with E-state index in [4.69, 9.17) is 9.63 Å². The summed E-state index contributed by atoms with van der Waals surface area (Å²) in [6.45, 7) is 2.08. The molecule has 0 amide bonds. The van der Waals surface area contributed by atoms with Crippen molar-refractivity contribution in [1.29, 1.82) is 0 Å². The van der Waals surface area contributed by atoms with Crippen LogP contribution in [0.25, 0.3) is 0 Å². The number of hydrogen-bond acceptors (Lipinski definition) is 4. The summed E-state index contributed by atoms with van der Waals surface area (Å²) in [5.74, 6) is -0.183. The van der Waals surface area contributed by atoms with Gasteiger partial charge in [-0.15, -0.1) is 0 Å². The third-order valence-corrected chi connectivity index (χ3v) is 1.92. The van der Waals surface area contributed by atoms with Crippen molar-refractivity contribution < 1.29 is 14.4 Å². The van der Waals surface area contributed by atoms with E-state index in [1.54, 1.807) is 24.9 Å². The van der Waals surface area contributed by atoms with Gasteiger partial charge in [-0.05, 0) is 14.0 Å². The van der Waals surface area contributed by atoms with E-state index < -0.39 is 12.0 Å². The number of rotatable bonds is 4. The highest BCUT2D eigenvalue weighted by molar-refractivity contribution is 5.72. The Balaban J connectivity index is 2.50. The first-order chi connectivity index (χ1) is 6.11. The van der Waals surface area contributed by atoms with Crippen LogP contribution in [-0.2, 0) is 11.3 Å². The molecule has 0 fully saturated rings. The quantitative estimate of drug-likeness (QED) is 0.741. The molecule has 1 aromatic rings. The van der Waals surface area contributed by atoms with Crippen LogP contribution in [0.5, 0.6) is 0 Å². The molecule has 0 aliphatic heterocycles. The second-order valence-corrected chi connectivity index (χ2v) is 2.91. The molecule has 1 unspecified atom stereocenters. The maximum absolute atomic E-state index is 10.6. The van der Waals surface area contributed by atoms with E-state index in [0.29, 0.717) is 12.3 Å². The first kappa shape index (κ1) is 9.73. The Hall–Kier alpha value is -1.36. The third-order valence-electron chi connectivity index (χ3n) is 1.92. The number of carboxylic acids is 1. The van der Waals surface area contributed by atoms with Gasteiger partial charge in [0.15, 0.2) is 5.76 Å². The second kappa shape index (κ2) is 4.04. The SMILES string of the molecule is CC(C(=O)O)N(C)Cc1ccno1. The maximum Gasteiger partial charge on any atom is 0.320 e. The van der Waals surface area contributed by atoms with Crippen molar-refractivity contribution in [3.8, 4) is 0 Å². The fourth-order valence-corrected chi connectivity index (χ4v) is 0.895. The molecule has 0 spiro atoms. The van der Waals surface area contributed by atoms with Gasteiger partial charge in [0.1, 0.15) is 6.04 Å². The van der Waals surface area contributed by atoms with Crippen LogP contribution in [0.15, 0.2) is 16.8 Å². The van der Waals surface area contributed by atoms with Gasteiger partial charge in [0.05, 0.1) is 12.7 Å². The van der Waals surface area contributed by atoms with Crippen molar-refractivity contribution in [1.82, 2.24) is 10.1 Å². The molecule has 1 heterocycles. The van der Waals surface area contributed by atoms with E-state index in [9.17, 15) is 4.79 Å². The Bertz CT molecular complexity index is 271. The van der Waals surface area contributed by atoms with Gasteiger partial charge in [0.2, 0.25) is 0 Å². The minimum absolute atomic E-state index is 0.452. The predicted molar refractivity (Wildman–Crippen MR) is 45.1 cm³/mol. The number of aliphatic carboxylic acids is 1. The molecular formula is C8H12N2O3. The van der Waals surface area contributed by atoms with Gasteiger partial charge in [0.25, 0.3) is 0 Å². The molecule has 1 N–H and O–H groups in total. The molecule has 0 aromatic carbocycles. The third kappa shape index (κ3) is 2.55. The van der Waals surface area contributed by atoms with E-state index in [0.717, 1.165) is 0 Å². The van der Waals surface area contributed by atoms with Crippen LogP contribution in [0.1, 0.15) is 12.7 Å². The van der Waals surface area contributed by atoms with Crippen LogP contribution in [0.2, 0.25) is 0 Å². The van der Waals surface area contributed by atoms with Crippen molar-refractivity contribution in [3.05, 3.63) is 18.0 Å². The van der Waals surface area contributed by atoms with Crippen LogP contribution < -0.4 is 0 Å². The van der Waals surface area contributed by atoms with E-state index in [-0.39, 0.29) is 0 Å². The Morgan fingerprint density at radius 1 is 1.85 bits per heavy atom. The Morgan fingerprint density at radius 3 is 3.00 bits per heavy atom. The number of aromatic nitrogens is 1. The molecule has 5 nitrogen and oxygen atoms in total. The highest BCUT2D eigenvalue weighted by Crippen LogP contribution is 2.04. The van der Waals surface area contributed by atoms with Crippen molar-refractivity contribution >= 4 is 5.97 Å². The molecule has 5 heteroatoms. The van der Waals surface area contributed by atoms with Gasteiger partial charge in [-0.1, -0.05) is 5.16 Å². The van der Waals surface area contributed by atoms with Crippen LogP contribution in [0.3, 0.4) is 0 Å². The smallest absolute Gasteiger partial charge is 0.320 e. The standard InChI is InChI=1S/C8H12N2O3/c1-6(8(11)12)10(2)5-7-3-4-9-13-7/h3-4,6H,5H2,1-2H3,(H,11,12). The molecule has 0 aliphatic rings. The van der Waals surface area contributed by atoms with Crippen LogP contribution >= 0.6 is 0 Å². The van der Waals surface area contributed by atoms with Crippen LogP contribution in [0, 0.1) is 0 Å². The number of nitrogens with zero attached hydrogens (tertiary/aromatic N) is 2. The summed E-state index contributed by atoms with van der Waals surface area (Å²) in [6, 6.07) is 1.19. The molecule has 72 valence electrons. The lowest BCUT2D eigenvalue weighted by Crippen LogP contribution is -2.35. The van der Waals surface area contributed by atoms with E-state index in [1.807, 2.05) is 0 Å². The van der Waals surface area contributed by atoms with Crippen LogP contribution in [0.4, 0.5) is 0 Å². The monoisotopic (exact) mass is 184 g/mol. The molecule has 0 saturated carbocycles. The van der Waals surface area contributed by atoms with E-state index in [2.05, 4.69) is 5.16 Å². The number of carbonyl (C=O) groups is 1. The first-order valence-corrected chi connectivity index (χ1v) is 3.94. The lowest BCUT2D eigenvalue weighted by molar-refractivity contribution is -0.142. The summed E-state index contributed by atoms with van der Waals surface area (Å²) < 4.78 is 4.85. The highest BCUT2D eigenvalue weighted by Gasteiger charge is 2.17. The molecule has 0 bridgehead atoms. The van der Waals surface area contributed by atoms with Crippen molar-refractivity contribution in [3.63, 3.8) is 0 Å². The molecule has 1 atom stereocenters. The van der Waals surface area contributed by atoms with Gasteiger partial charge in [-0.2, -0.15) is 0 Å². The molecule has 0 radical (unpaired) electrons. The predicted octanol–water partition coefficient (Wildman–Crippen LogP) is 0.580. The van der Waals surface area contributed by atoms with Gasteiger partial charge >= 0.3 is 5.97 Å². The summed E-state index contributed by atoms with van der Waals surface area (Å²) in [5.41, 5.74) is 0. The van der Waals surface area contributed by atoms with Gasteiger partial charge in [0, 0.05) is 6.07 Å². The Kier molecular flexibility index (Phi) is 3.02. The topological polar surface area (TPSA) is 66.6 Å². The fourth-order valence-electron chi connectivity index (χ4n) is 0.895. The first-order valence-electron chi connectivity index (χ1n) is 3.94. The van der Waals surface area contributed by atoms with Crippen LogP contribution in [-0.4, -0.2) is 34.2 Å². The Morgan fingerprint density at radius 2 is 2.54 bits per heavy atom. The van der Waals surface area contributed by atoms with Crippen molar-refractivity contribution in [2.24, 2.45) is 0 Å². The normalized spacial score (nSPS) is 13.2.